The minimum atomic E-state index is -2.87. The first kappa shape index (κ1) is 43.2. The summed E-state index contributed by atoms with van der Waals surface area (Å²) in [4.78, 5) is 18.5. The molecule has 2 amide bonds. The number of hydrogen-bond acceptors (Lipinski definition) is 10. The smallest absolute Gasteiger partial charge is 0.508 e. The van der Waals surface area contributed by atoms with Crippen LogP contribution in [0.3, 0.4) is 0 Å². The van der Waals surface area contributed by atoms with Crippen LogP contribution in [0.25, 0.3) is 0 Å². The molecule has 12 nitrogen and oxygen atoms in total. The molecule has 0 radical (unpaired) electrons. The van der Waals surface area contributed by atoms with E-state index in [0.717, 1.165) is 53.9 Å². The number of carbonyl (C=O) groups is 1. The first-order valence-electron chi connectivity index (χ1n) is 20.5. The van der Waals surface area contributed by atoms with Crippen molar-refractivity contribution in [3.05, 3.63) is 119 Å². The van der Waals surface area contributed by atoms with Crippen molar-refractivity contribution < 1.29 is 47.9 Å². The Morgan fingerprint density at radius 2 is 1.16 bits per heavy atom. The second-order valence-electron chi connectivity index (χ2n) is 14.9. The third-order valence-electron chi connectivity index (χ3n) is 10.5. The fourth-order valence-corrected chi connectivity index (χ4v) is 9.50. The zero-order chi connectivity index (χ0) is 41.1. The van der Waals surface area contributed by atoms with Crippen LogP contribution in [0.5, 0.6) is 23.0 Å². The predicted octanol–water partition coefficient (Wildman–Crippen LogP) is 8.52. The van der Waals surface area contributed by atoms with Gasteiger partial charge in [-0.15, -0.1) is 0 Å². The summed E-state index contributed by atoms with van der Waals surface area (Å²) in [6, 6.07) is 27.0. The third-order valence-corrected chi connectivity index (χ3v) is 13.1. The van der Waals surface area contributed by atoms with E-state index < -0.39 is 32.2 Å². The molecule has 0 spiro atoms. The molecule has 2 heterocycles. The molecule has 6 rings (SSSR count). The molecule has 3 N–H and O–H groups in total. The molecule has 0 aromatic heterocycles. The summed E-state index contributed by atoms with van der Waals surface area (Å²) in [6.45, 7) is 9.92. The number of rotatable bonds is 20. The average molecular weight is 819 g/mol. The quantitative estimate of drug-likeness (QED) is 0.0588. The van der Waals surface area contributed by atoms with Gasteiger partial charge in [-0.1, -0.05) is 51.0 Å². The maximum atomic E-state index is 15.2. The van der Waals surface area contributed by atoms with E-state index in [1.165, 1.54) is 12.1 Å². The van der Waals surface area contributed by atoms with E-state index >= 15 is 4.79 Å². The minimum Gasteiger partial charge on any atom is -0.508 e. The molecule has 0 aliphatic carbocycles. The molecule has 2 aliphatic heterocycles. The first-order chi connectivity index (χ1) is 28.1. The van der Waals surface area contributed by atoms with Crippen LogP contribution in [0.4, 0.5) is 4.79 Å². The number of aromatic hydroxyl groups is 1. The van der Waals surface area contributed by atoms with Gasteiger partial charge in [0.05, 0.1) is 13.2 Å². The Morgan fingerprint density at radius 1 is 0.655 bits per heavy atom. The van der Waals surface area contributed by atoms with E-state index in [-0.39, 0.29) is 43.9 Å². The number of aliphatic hydroxyl groups is 2. The normalized spacial score (nSPS) is 22.2. The van der Waals surface area contributed by atoms with Crippen LogP contribution in [0, 0.1) is 0 Å². The van der Waals surface area contributed by atoms with Gasteiger partial charge in [0.1, 0.15) is 17.2 Å². The van der Waals surface area contributed by atoms with Gasteiger partial charge in [0.2, 0.25) is 0 Å². The van der Waals surface area contributed by atoms with Crippen LogP contribution in [-0.2, 0) is 33.1 Å². The van der Waals surface area contributed by atoms with Crippen LogP contribution < -0.4 is 14.2 Å². The van der Waals surface area contributed by atoms with Crippen LogP contribution >= 0.6 is 7.94 Å². The number of nitrogens with zero attached hydrogens (tertiary/aromatic N) is 2. The monoisotopic (exact) mass is 818 g/mol. The summed E-state index contributed by atoms with van der Waals surface area (Å²) in [7, 11) is -2.87. The van der Waals surface area contributed by atoms with Gasteiger partial charge in [-0.25, -0.2) is 0 Å². The number of urea groups is 1. The molecule has 2 saturated heterocycles. The van der Waals surface area contributed by atoms with E-state index in [0.29, 0.717) is 31.1 Å². The molecule has 4 aromatic rings. The van der Waals surface area contributed by atoms with E-state index in [9.17, 15) is 15.3 Å². The van der Waals surface area contributed by atoms with Crippen LogP contribution in [0.1, 0.15) is 81.7 Å². The second kappa shape index (κ2) is 20.5. The van der Waals surface area contributed by atoms with Gasteiger partial charge < -0.3 is 14.6 Å². The van der Waals surface area contributed by atoms with Crippen molar-refractivity contribution >= 4 is 14.0 Å². The van der Waals surface area contributed by atoms with Gasteiger partial charge in [-0.05, 0) is 54.8 Å². The van der Waals surface area contributed by atoms with Crippen LogP contribution in [0.2, 0.25) is 0 Å². The summed E-state index contributed by atoms with van der Waals surface area (Å²) in [5, 5.41) is 34.6. The SMILES string of the molecule is CCCCOc1ccc(CN2C(=O)N(Cc3ccc(OCCCC)cc3)[C@H](Cc3ccc(OC[PH]4(OCC)OC(C)O4)cc3)[C@H](O)[C@@H](O)C2c2ccc(O)cc2)cc1. The van der Waals surface area contributed by atoms with E-state index in [4.69, 9.17) is 27.8 Å². The Hall–Kier alpha value is -4.42. The molecule has 2 aliphatic rings. The van der Waals surface area contributed by atoms with Crippen molar-refractivity contribution in [2.45, 2.75) is 103 Å². The Bertz CT molecular complexity index is 1850. The van der Waals surface area contributed by atoms with Gasteiger partial charge in [0, 0.05) is 0 Å². The molecule has 2 fully saturated rings. The molecule has 314 valence electrons. The summed E-state index contributed by atoms with van der Waals surface area (Å²) in [5.74, 6) is 2.12. The predicted molar refractivity (Wildman–Crippen MR) is 224 cm³/mol. The fourth-order valence-electron chi connectivity index (χ4n) is 7.33. The Morgan fingerprint density at radius 3 is 1.66 bits per heavy atom. The number of aliphatic hydroxyl groups excluding tert-OH is 2. The van der Waals surface area contributed by atoms with Gasteiger partial charge >= 0.3 is 193 Å². The fraction of sp³-hybridized carbons (Fsp3) is 0.444. The number of amides is 2. The standard InChI is InChI=1S/C45H59N2O10P/c1-5-8-26-52-38-22-12-34(13-23-38)29-46-41(28-33-10-20-40(21-11-33)54-31-58(55-7-3)56-32(4)57-58)43(49)44(50)42(36-16-18-37(48)19-17-36)47(45(46)51)30-35-14-24-39(25-15-35)53-27-9-6-2/h10-25,32,41-44,48-50,58H,5-9,26-31H2,1-4H3/t41-,42?,43+,44+/m1/s1. The number of benzene rings is 4. The summed E-state index contributed by atoms with van der Waals surface area (Å²) < 4.78 is 35.3. The number of unbranched alkanes of at least 4 members (excludes halogenated alkanes) is 2. The molecule has 0 bridgehead atoms. The molecule has 4 atom stereocenters. The molecule has 1 unspecified atom stereocenters. The Balaban J connectivity index is 1.31. The summed E-state index contributed by atoms with van der Waals surface area (Å²) in [5.41, 5.74) is 3.07. The zero-order valence-electron chi connectivity index (χ0n) is 34.0. The van der Waals surface area contributed by atoms with Crippen molar-refractivity contribution in [2.75, 3.05) is 26.2 Å². The van der Waals surface area contributed by atoms with E-state index in [2.05, 4.69) is 13.8 Å². The van der Waals surface area contributed by atoms with Gasteiger partial charge in [-0.2, -0.15) is 0 Å². The van der Waals surface area contributed by atoms with Gasteiger partial charge in [0.15, 0.2) is 0 Å². The van der Waals surface area contributed by atoms with Crippen molar-refractivity contribution in [3.63, 3.8) is 0 Å². The number of phenolic OH excluding ortho intramolecular Hbond substituents is 1. The molecule has 58 heavy (non-hydrogen) atoms. The second-order valence-corrected chi connectivity index (χ2v) is 17.3. The van der Waals surface area contributed by atoms with Crippen molar-refractivity contribution in [1.29, 1.82) is 0 Å². The summed E-state index contributed by atoms with van der Waals surface area (Å²) >= 11 is 0. The van der Waals surface area contributed by atoms with Crippen molar-refractivity contribution in [3.8, 4) is 23.0 Å². The first-order valence-corrected chi connectivity index (χ1v) is 22.4. The van der Waals surface area contributed by atoms with Gasteiger partial charge in [-0.3, -0.25) is 0 Å². The molecule has 0 saturated carbocycles. The van der Waals surface area contributed by atoms with Crippen LogP contribution in [-0.4, -0.2) is 81.9 Å². The molecule has 4 aromatic carbocycles. The van der Waals surface area contributed by atoms with Gasteiger partial charge in [0.25, 0.3) is 0 Å². The molecular formula is C45H59N2O10P. The van der Waals surface area contributed by atoms with Crippen molar-refractivity contribution in [2.24, 2.45) is 0 Å². The topological polar surface area (TPSA) is 140 Å². The zero-order valence-corrected chi connectivity index (χ0v) is 35.0. The summed E-state index contributed by atoms with van der Waals surface area (Å²) in [6.07, 6.45) is 1.29. The average Bonchev–Trinajstić information content (AvgIpc) is 3.28. The Labute approximate surface area is 342 Å². The number of hydrogen-bond donors (Lipinski definition) is 3. The molecular weight excluding hydrogens is 759 g/mol. The third kappa shape index (κ3) is 11.0. The van der Waals surface area contributed by atoms with E-state index in [1.54, 1.807) is 21.9 Å². The number of phenols is 1. The van der Waals surface area contributed by atoms with Crippen molar-refractivity contribution in [1.82, 2.24) is 9.80 Å². The van der Waals surface area contributed by atoms with E-state index in [1.807, 2.05) is 86.6 Å². The Kier molecular flexibility index (Phi) is 15.3. The maximum absolute atomic E-state index is 15.2. The molecule has 13 heteroatoms. The number of carbonyl (C=O) groups excluding carboxylic acids is 1. The number of ether oxygens (including phenoxy) is 3. The van der Waals surface area contributed by atoms with Crippen LogP contribution in [0.15, 0.2) is 97.1 Å². The minimum absolute atomic E-state index is 0.0516.